The predicted molar refractivity (Wildman–Crippen MR) is 64.3 cm³/mol. The number of aryl methyl sites for hydroxylation is 1. The summed E-state index contributed by atoms with van der Waals surface area (Å²) >= 11 is 0. The van der Waals surface area contributed by atoms with Gasteiger partial charge in [-0.15, -0.1) is 0 Å². The number of benzene rings is 1. The van der Waals surface area contributed by atoms with Gasteiger partial charge in [-0.05, 0) is 18.1 Å². The van der Waals surface area contributed by atoms with Crippen LogP contribution < -0.4 is 4.74 Å². The quantitative estimate of drug-likeness (QED) is 0.584. The highest BCUT2D eigenvalue weighted by atomic mass is 16.6. The Morgan fingerprint density at radius 2 is 1.67 bits per heavy atom. The maximum atomic E-state index is 11.5. The van der Waals surface area contributed by atoms with Crippen LogP contribution in [0.5, 0.6) is 5.75 Å². The fraction of sp³-hybridized carbons (Fsp3) is 0.385. The smallest absolute Gasteiger partial charge is 0.359 e. The monoisotopic (exact) mass is 252 g/mol. The van der Waals surface area contributed by atoms with Crippen LogP contribution in [-0.2, 0) is 25.5 Å². The zero-order chi connectivity index (χ0) is 13.5. The molecule has 0 radical (unpaired) electrons. The first-order valence-corrected chi connectivity index (χ1v) is 5.54. The summed E-state index contributed by atoms with van der Waals surface area (Å²) in [6, 6.07) is 7.18. The van der Waals surface area contributed by atoms with Gasteiger partial charge in [0.1, 0.15) is 5.75 Å². The van der Waals surface area contributed by atoms with Gasteiger partial charge in [0.05, 0.1) is 14.2 Å². The summed E-state index contributed by atoms with van der Waals surface area (Å²) in [5.41, 5.74) is 0.898. The Labute approximate surface area is 106 Å². The summed E-state index contributed by atoms with van der Waals surface area (Å²) in [4.78, 5) is 22.9. The molecular weight excluding hydrogens is 236 g/mol. The topological polar surface area (TPSA) is 61.8 Å². The molecule has 0 aliphatic rings. The molecule has 0 unspecified atom stereocenters. The van der Waals surface area contributed by atoms with Crippen molar-refractivity contribution in [2.45, 2.75) is 19.4 Å². The first kappa shape index (κ1) is 14.0. The molecule has 0 N–H and O–H groups in total. The fourth-order valence-corrected chi connectivity index (χ4v) is 1.44. The van der Waals surface area contributed by atoms with Crippen molar-refractivity contribution in [2.75, 3.05) is 14.2 Å². The largest absolute Gasteiger partial charge is 0.467 e. The molecule has 18 heavy (non-hydrogen) atoms. The summed E-state index contributed by atoms with van der Waals surface area (Å²) in [5, 5.41) is 0. The molecule has 0 atom stereocenters. The zero-order valence-electron chi connectivity index (χ0n) is 10.6. The van der Waals surface area contributed by atoms with Crippen LogP contribution in [0.15, 0.2) is 24.3 Å². The van der Waals surface area contributed by atoms with E-state index in [2.05, 4.69) is 9.47 Å². The van der Waals surface area contributed by atoms with E-state index in [0.717, 1.165) is 12.0 Å². The van der Waals surface area contributed by atoms with Gasteiger partial charge in [0.2, 0.25) is 0 Å². The Bertz CT molecular complexity index is 411. The van der Waals surface area contributed by atoms with E-state index in [-0.39, 0.29) is 0 Å². The lowest BCUT2D eigenvalue weighted by Crippen LogP contribution is -2.37. The second-order valence-corrected chi connectivity index (χ2v) is 3.51. The summed E-state index contributed by atoms with van der Waals surface area (Å²) in [6.07, 6.45) is -0.668. The average Bonchev–Trinajstić information content (AvgIpc) is 2.43. The minimum Gasteiger partial charge on any atom is -0.467 e. The second-order valence-electron chi connectivity index (χ2n) is 3.51. The lowest BCUT2D eigenvalue weighted by molar-refractivity contribution is -0.163. The van der Waals surface area contributed by atoms with Gasteiger partial charge in [0.15, 0.2) is 0 Å². The summed E-state index contributed by atoms with van der Waals surface area (Å²) in [6.45, 7) is 1.95. The number of hydrogen-bond donors (Lipinski definition) is 0. The molecule has 98 valence electrons. The number of carbonyl (C=O) groups excluding carboxylic acids is 2. The van der Waals surface area contributed by atoms with Crippen molar-refractivity contribution in [1.29, 1.82) is 0 Å². The Balaban J connectivity index is 2.95. The summed E-state index contributed by atoms with van der Waals surface area (Å²) in [7, 11) is 2.38. The van der Waals surface area contributed by atoms with Gasteiger partial charge >= 0.3 is 11.9 Å². The van der Waals surface area contributed by atoms with Crippen LogP contribution in [0.3, 0.4) is 0 Å². The van der Waals surface area contributed by atoms with Gasteiger partial charge in [0.25, 0.3) is 6.10 Å². The van der Waals surface area contributed by atoms with Crippen LogP contribution in [-0.4, -0.2) is 32.3 Å². The fourth-order valence-electron chi connectivity index (χ4n) is 1.44. The molecule has 0 fully saturated rings. The summed E-state index contributed by atoms with van der Waals surface area (Å²) < 4.78 is 14.4. The Morgan fingerprint density at radius 1 is 1.11 bits per heavy atom. The molecule has 0 aliphatic carbocycles. The maximum absolute atomic E-state index is 11.5. The molecule has 0 aliphatic heterocycles. The van der Waals surface area contributed by atoms with Crippen LogP contribution >= 0.6 is 0 Å². The molecule has 0 aromatic heterocycles. The van der Waals surface area contributed by atoms with Gasteiger partial charge in [0, 0.05) is 0 Å². The zero-order valence-corrected chi connectivity index (χ0v) is 10.6. The minimum absolute atomic E-state index is 0.473. The van der Waals surface area contributed by atoms with Crippen molar-refractivity contribution >= 4 is 11.9 Å². The molecule has 0 spiro atoms. The van der Waals surface area contributed by atoms with E-state index in [0.29, 0.717) is 5.75 Å². The minimum atomic E-state index is -1.40. The van der Waals surface area contributed by atoms with E-state index < -0.39 is 18.0 Å². The van der Waals surface area contributed by atoms with E-state index >= 15 is 0 Å². The van der Waals surface area contributed by atoms with Gasteiger partial charge in [-0.25, -0.2) is 9.59 Å². The Morgan fingerprint density at radius 3 is 2.17 bits per heavy atom. The molecule has 0 heterocycles. The normalized spacial score (nSPS) is 10.0. The standard InChI is InChI=1S/C13H16O5/c1-4-9-7-5-6-8-10(9)18-11(12(14)16-2)13(15)17-3/h5-8,11H,4H2,1-3H3. The highest BCUT2D eigenvalue weighted by Crippen LogP contribution is 2.20. The third-order valence-corrected chi connectivity index (χ3v) is 2.43. The molecule has 0 saturated carbocycles. The number of ether oxygens (including phenoxy) is 3. The first-order valence-electron chi connectivity index (χ1n) is 5.54. The summed E-state index contributed by atoms with van der Waals surface area (Å²) in [5.74, 6) is -1.10. The third-order valence-electron chi connectivity index (χ3n) is 2.43. The molecule has 5 heteroatoms. The molecule has 0 saturated heterocycles. The van der Waals surface area contributed by atoms with Gasteiger partial charge in [-0.1, -0.05) is 25.1 Å². The van der Waals surface area contributed by atoms with Crippen LogP contribution in [0.25, 0.3) is 0 Å². The predicted octanol–water partition coefficient (Wildman–Crippen LogP) is 1.34. The van der Waals surface area contributed by atoms with Crippen molar-refractivity contribution in [3.63, 3.8) is 0 Å². The van der Waals surface area contributed by atoms with Crippen molar-refractivity contribution < 1.29 is 23.8 Å². The third kappa shape index (κ3) is 3.23. The SMILES string of the molecule is CCc1ccccc1OC(C(=O)OC)C(=O)OC. The molecule has 0 bridgehead atoms. The molecular formula is C13H16O5. The number of rotatable bonds is 5. The Kier molecular flexibility index (Phi) is 5.17. The van der Waals surface area contributed by atoms with E-state index in [1.54, 1.807) is 12.1 Å². The number of para-hydroxylation sites is 1. The van der Waals surface area contributed by atoms with Gasteiger partial charge < -0.3 is 14.2 Å². The van der Waals surface area contributed by atoms with Crippen LogP contribution in [0, 0.1) is 0 Å². The van der Waals surface area contributed by atoms with E-state index in [9.17, 15) is 9.59 Å². The van der Waals surface area contributed by atoms with E-state index in [1.807, 2.05) is 19.1 Å². The van der Waals surface area contributed by atoms with Crippen LogP contribution in [0.2, 0.25) is 0 Å². The highest BCUT2D eigenvalue weighted by Gasteiger charge is 2.31. The molecule has 0 amide bonds. The molecule has 5 nitrogen and oxygen atoms in total. The second kappa shape index (κ2) is 6.64. The van der Waals surface area contributed by atoms with Crippen molar-refractivity contribution in [3.05, 3.63) is 29.8 Å². The van der Waals surface area contributed by atoms with Crippen LogP contribution in [0.1, 0.15) is 12.5 Å². The van der Waals surface area contributed by atoms with E-state index in [4.69, 9.17) is 4.74 Å². The van der Waals surface area contributed by atoms with Crippen molar-refractivity contribution in [3.8, 4) is 5.75 Å². The van der Waals surface area contributed by atoms with Gasteiger partial charge in [-0.2, -0.15) is 0 Å². The average molecular weight is 252 g/mol. The molecule has 1 aromatic carbocycles. The van der Waals surface area contributed by atoms with Crippen LogP contribution in [0.4, 0.5) is 0 Å². The highest BCUT2D eigenvalue weighted by molar-refractivity contribution is 5.98. The maximum Gasteiger partial charge on any atom is 0.359 e. The molecule has 1 aromatic rings. The number of carbonyl (C=O) groups is 2. The van der Waals surface area contributed by atoms with Crippen molar-refractivity contribution in [2.24, 2.45) is 0 Å². The Hall–Kier alpha value is -2.04. The molecule has 1 rings (SSSR count). The number of hydrogen-bond acceptors (Lipinski definition) is 5. The van der Waals surface area contributed by atoms with Gasteiger partial charge in [-0.3, -0.25) is 0 Å². The number of esters is 2. The number of methoxy groups -OCH3 is 2. The first-order chi connectivity index (χ1) is 8.63. The lowest BCUT2D eigenvalue weighted by atomic mass is 10.1. The lowest BCUT2D eigenvalue weighted by Gasteiger charge is -2.16. The van der Waals surface area contributed by atoms with E-state index in [1.165, 1.54) is 14.2 Å². The van der Waals surface area contributed by atoms with Crippen molar-refractivity contribution in [1.82, 2.24) is 0 Å².